The lowest BCUT2D eigenvalue weighted by Gasteiger charge is -2.01. The Balaban J connectivity index is 2.84. The summed E-state index contributed by atoms with van der Waals surface area (Å²) in [5, 5.41) is 18.9. The van der Waals surface area contributed by atoms with Crippen molar-refractivity contribution in [3.05, 3.63) is 35.5 Å². The smallest absolute Gasteiger partial charge is 0.126 e. The first kappa shape index (κ1) is 8.52. The summed E-state index contributed by atoms with van der Waals surface area (Å²) in [5.74, 6) is 0.171. The number of fused-ring (bicyclic) bond motifs is 1. The summed E-state index contributed by atoms with van der Waals surface area (Å²) in [6.45, 7) is 1.82. The van der Waals surface area contributed by atoms with Crippen molar-refractivity contribution >= 4 is 10.9 Å². The molecule has 0 radical (unpaired) electrons. The maximum absolute atomic E-state index is 9.62. The highest BCUT2D eigenvalue weighted by Gasteiger charge is 2.03. The zero-order valence-electron chi connectivity index (χ0n) is 7.65. The molecular weight excluding hydrogens is 176 g/mol. The van der Waals surface area contributed by atoms with Gasteiger partial charge in [-0.05, 0) is 25.1 Å². The second-order valence-electron chi connectivity index (χ2n) is 3.13. The second-order valence-corrected chi connectivity index (χ2v) is 3.13. The van der Waals surface area contributed by atoms with E-state index in [0.717, 1.165) is 5.69 Å². The molecule has 0 saturated carbocycles. The molecular formula is C11H8N2O. The molecule has 0 saturated heterocycles. The molecule has 0 amide bonds. The quantitative estimate of drug-likeness (QED) is 0.682. The van der Waals surface area contributed by atoms with Crippen LogP contribution >= 0.6 is 0 Å². The van der Waals surface area contributed by atoms with Crippen molar-refractivity contribution in [3.63, 3.8) is 0 Å². The molecule has 0 aliphatic heterocycles. The number of aromatic nitrogens is 1. The highest BCUT2D eigenvalue weighted by molar-refractivity contribution is 5.86. The first-order valence-electron chi connectivity index (χ1n) is 4.21. The average Bonchev–Trinajstić information content (AvgIpc) is 2.17. The molecule has 1 heterocycles. The van der Waals surface area contributed by atoms with Crippen molar-refractivity contribution in [2.75, 3.05) is 0 Å². The van der Waals surface area contributed by atoms with E-state index in [0.29, 0.717) is 16.5 Å². The van der Waals surface area contributed by atoms with E-state index >= 15 is 0 Å². The number of nitriles is 1. The Morgan fingerprint density at radius 2 is 2.14 bits per heavy atom. The minimum atomic E-state index is 0.171. The first-order chi connectivity index (χ1) is 6.70. The van der Waals surface area contributed by atoms with Gasteiger partial charge in [0.25, 0.3) is 0 Å². The van der Waals surface area contributed by atoms with Gasteiger partial charge < -0.3 is 5.11 Å². The number of nitrogens with zero attached hydrogens (tertiary/aromatic N) is 2. The molecule has 1 aromatic heterocycles. The average molecular weight is 184 g/mol. The first-order valence-corrected chi connectivity index (χ1v) is 4.21. The molecule has 0 unspecified atom stereocenters. The number of aryl methyl sites for hydroxylation is 1. The monoisotopic (exact) mass is 184 g/mol. The molecule has 0 aliphatic carbocycles. The van der Waals surface area contributed by atoms with Crippen LogP contribution in [0.2, 0.25) is 0 Å². The van der Waals surface area contributed by atoms with Crippen molar-refractivity contribution in [3.8, 4) is 11.8 Å². The lowest BCUT2D eigenvalue weighted by atomic mass is 10.1. The molecule has 0 atom stereocenters. The van der Waals surface area contributed by atoms with Crippen molar-refractivity contribution in [1.82, 2.24) is 4.98 Å². The molecule has 3 heteroatoms. The van der Waals surface area contributed by atoms with Crippen molar-refractivity contribution in [1.29, 1.82) is 5.26 Å². The Morgan fingerprint density at radius 1 is 1.36 bits per heavy atom. The SMILES string of the molecule is Cc1cc(O)c2cc(C#N)ccc2n1. The number of aromatic hydroxyl groups is 1. The fraction of sp³-hybridized carbons (Fsp3) is 0.0909. The molecule has 0 spiro atoms. The van der Waals surface area contributed by atoms with Gasteiger partial charge in [-0.25, -0.2) is 0 Å². The number of hydrogen-bond acceptors (Lipinski definition) is 3. The molecule has 68 valence electrons. The van der Waals surface area contributed by atoms with Gasteiger partial charge in [-0.3, -0.25) is 4.98 Å². The van der Waals surface area contributed by atoms with Crippen LogP contribution in [-0.2, 0) is 0 Å². The van der Waals surface area contributed by atoms with Crippen LogP contribution in [0.5, 0.6) is 5.75 Å². The topological polar surface area (TPSA) is 56.9 Å². The van der Waals surface area contributed by atoms with Gasteiger partial charge in [-0.15, -0.1) is 0 Å². The predicted octanol–water partition coefficient (Wildman–Crippen LogP) is 2.12. The molecule has 0 fully saturated rings. The second kappa shape index (κ2) is 3.00. The van der Waals surface area contributed by atoms with Gasteiger partial charge in [0.15, 0.2) is 0 Å². The van der Waals surface area contributed by atoms with E-state index in [1.807, 2.05) is 13.0 Å². The van der Waals surface area contributed by atoms with E-state index in [1.165, 1.54) is 0 Å². The zero-order chi connectivity index (χ0) is 10.1. The van der Waals surface area contributed by atoms with Crippen LogP contribution in [0, 0.1) is 18.3 Å². The molecule has 1 N–H and O–H groups in total. The molecule has 1 aromatic carbocycles. The minimum absolute atomic E-state index is 0.171. The maximum Gasteiger partial charge on any atom is 0.126 e. The van der Waals surface area contributed by atoms with Crippen LogP contribution in [0.3, 0.4) is 0 Å². The fourth-order valence-corrected chi connectivity index (χ4v) is 1.41. The van der Waals surface area contributed by atoms with E-state index < -0.39 is 0 Å². The van der Waals surface area contributed by atoms with Gasteiger partial charge >= 0.3 is 0 Å². The summed E-state index contributed by atoms with van der Waals surface area (Å²) in [4.78, 5) is 4.24. The zero-order valence-corrected chi connectivity index (χ0v) is 7.65. The standard InChI is InChI=1S/C11H8N2O/c1-7-4-11(14)9-5-8(6-12)2-3-10(9)13-7/h2-5H,1H3,(H,13,14). The maximum atomic E-state index is 9.62. The number of hydrogen-bond donors (Lipinski definition) is 1. The Hall–Kier alpha value is -2.08. The molecule has 2 aromatic rings. The molecule has 0 bridgehead atoms. The molecule has 2 rings (SSSR count). The van der Waals surface area contributed by atoms with Crippen LogP contribution in [0.4, 0.5) is 0 Å². The number of benzene rings is 1. The van der Waals surface area contributed by atoms with Crippen LogP contribution in [0.1, 0.15) is 11.3 Å². The summed E-state index contributed by atoms with van der Waals surface area (Å²) in [6.07, 6.45) is 0. The van der Waals surface area contributed by atoms with Crippen LogP contribution in [0.15, 0.2) is 24.3 Å². The Bertz CT molecular complexity index is 541. The fourth-order valence-electron chi connectivity index (χ4n) is 1.41. The van der Waals surface area contributed by atoms with E-state index in [1.54, 1.807) is 24.3 Å². The Kier molecular flexibility index (Phi) is 1.83. The summed E-state index contributed by atoms with van der Waals surface area (Å²) in [7, 11) is 0. The van der Waals surface area contributed by atoms with Crippen LogP contribution < -0.4 is 0 Å². The van der Waals surface area contributed by atoms with Crippen molar-refractivity contribution in [2.24, 2.45) is 0 Å². The summed E-state index contributed by atoms with van der Waals surface area (Å²) >= 11 is 0. The van der Waals surface area contributed by atoms with E-state index in [4.69, 9.17) is 5.26 Å². The highest BCUT2D eigenvalue weighted by Crippen LogP contribution is 2.24. The van der Waals surface area contributed by atoms with Crippen molar-refractivity contribution < 1.29 is 5.11 Å². The molecule has 3 nitrogen and oxygen atoms in total. The summed E-state index contributed by atoms with van der Waals surface area (Å²) < 4.78 is 0. The molecule has 0 aliphatic rings. The third-order valence-corrected chi connectivity index (χ3v) is 2.04. The van der Waals surface area contributed by atoms with Gasteiger partial charge in [0.2, 0.25) is 0 Å². The van der Waals surface area contributed by atoms with Crippen molar-refractivity contribution in [2.45, 2.75) is 6.92 Å². The van der Waals surface area contributed by atoms with Gasteiger partial charge in [0.05, 0.1) is 17.1 Å². The largest absolute Gasteiger partial charge is 0.507 e. The van der Waals surface area contributed by atoms with E-state index in [2.05, 4.69) is 4.98 Å². The van der Waals surface area contributed by atoms with Crippen LogP contribution in [-0.4, -0.2) is 10.1 Å². The van der Waals surface area contributed by atoms with Gasteiger partial charge in [-0.2, -0.15) is 5.26 Å². The van der Waals surface area contributed by atoms with Gasteiger partial charge in [0.1, 0.15) is 5.75 Å². The predicted molar refractivity (Wildman–Crippen MR) is 52.9 cm³/mol. The van der Waals surface area contributed by atoms with Crippen LogP contribution in [0.25, 0.3) is 10.9 Å². The lowest BCUT2D eigenvalue weighted by molar-refractivity contribution is 0.480. The third-order valence-electron chi connectivity index (χ3n) is 2.04. The third kappa shape index (κ3) is 1.27. The van der Waals surface area contributed by atoms with Gasteiger partial charge in [0, 0.05) is 17.1 Å². The summed E-state index contributed by atoms with van der Waals surface area (Å²) in [6, 6.07) is 8.67. The summed E-state index contributed by atoms with van der Waals surface area (Å²) in [5.41, 5.74) is 2.00. The van der Waals surface area contributed by atoms with E-state index in [9.17, 15) is 5.11 Å². The highest BCUT2D eigenvalue weighted by atomic mass is 16.3. The number of pyridine rings is 1. The normalized spacial score (nSPS) is 10.0. The van der Waals surface area contributed by atoms with E-state index in [-0.39, 0.29) is 5.75 Å². The minimum Gasteiger partial charge on any atom is -0.507 e. The number of rotatable bonds is 0. The Labute approximate surface area is 81.2 Å². The molecule has 14 heavy (non-hydrogen) atoms. The Morgan fingerprint density at radius 3 is 2.86 bits per heavy atom. The lowest BCUT2D eigenvalue weighted by Crippen LogP contribution is -1.85. The van der Waals surface area contributed by atoms with Gasteiger partial charge in [-0.1, -0.05) is 0 Å².